The first-order valence-corrected chi connectivity index (χ1v) is 6.04. The van der Waals surface area contributed by atoms with Crippen LogP contribution in [-0.4, -0.2) is 22.9 Å². The summed E-state index contributed by atoms with van der Waals surface area (Å²) in [5, 5.41) is 7.64. The number of rotatable bonds is 7. The van der Waals surface area contributed by atoms with E-state index in [0.29, 0.717) is 0 Å². The smallest absolute Gasteiger partial charge is 0.0492 e. The Morgan fingerprint density at radius 1 is 1.47 bits per heavy atom. The largest absolute Gasteiger partial charge is 0.316 e. The number of hydrogen-bond acceptors (Lipinski definition) is 2. The molecule has 3 heteroatoms. The van der Waals surface area contributed by atoms with Gasteiger partial charge in [-0.05, 0) is 31.4 Å². The van der Waals surface area contributed by atoms with Gasteiger partial charge in [0.1, 0.15) is 0 Å². The van der Waals surface area contributed by atoms with Gasteiger partial charge in [0.25, 0.3) is 0 Å². The highest BCUT2D eigenvalue weighted by atomic mass is 15.3. The molecule has 15 heavy (non-hydrogen) atoms. The maximum Gasteiger partial charge on any atom is 0.0492 e. The second kappa shape index (κ2) is 5.31. The molecule has 1 saturated carbocycles. The van der Waals surface area contributed by atoms with E-state index in [-0.39, 0.29) is 0 Å². The molecule has 84 valence electrons. The van der Waals surface area contributed by atoms with E-state index in [1.165, 1.54) is 37.9 Å². The highest BCUT2D eigenvalue weighted by Gasteiger charge is 2.19. The van der Waals surface area contributed by atoms with E-state index in [1.807, 2.05) is 17.9 Å². The van der Waals surface area contributed by atoms with E-state index in [1.54, 1.807) is 0 Å². The van der Waals surface area contributed by atoms with Crippen LogP contribution in [-0.2, 0) is 13.5 Å². The molecule has 2 rings (SSSR count). The van der Waals surface area contributed by atoms with Gasteiger partial charge in [0.05, 0.1) is 0 Å². The predicted molar refractivity (Wildman–Crippen MR) is 61.7 cm³/mol. The Hall–Kier alpha value is -0.830. The average molecular weight is 207 g/mol. The summed E-state index contributed by atoms with van der Waals surface area (Å²) in [5.41, 5.74) is 1.31. The van der Waals surface area contributed by atoms with Crippen molar-refractivity contribution in [2.75, 3.05) is 13.1 Å². The van der Waals surface area contributed by atoms with E-state index in [0.717, 1.165) is 18.9 Å². The number of aromatic nitrogens is 2. The third-order valence-corrected chi connectivity index (χ3v) is 3.14. The van der Waals surface area contributed by atoms with Gasteiger partial charge in [-0.15, -0.1) is 0 Å². The molecule has 1 aliphatic carbocycles. The topological polar surface area (TPSA) is 29.9 Å². The Morgan fingerprint density at radius 2 is 2.33 bits per heavy atom. The first-order valence-electron chi connectivity index (χ1n) is 6.04. The lowest BCUT2D eigenvalue weighted by atomic mass is 10.2. The minimum atomic E-state index is 1.07. The van der Waals surface area contributed by atoms with Gasteiger partial charge in [-0.2, -0.15) is 5.10 Å². The third-order valence-electron chi connectivity index (χ3n) is 3.14. The highest BCUT2D eigenvalue weighted by molar-refractivity contribution is 5.00. The molecule has 0 unspecified atom stereocenters. The Kier molecular flexibility index (Phi) is 3.78. The fourth-order valence-corrected chi connectivity index (χ4v) is 1.91. The fourth-order valence-electron chi connectivity index (χ4n) is 1.91. The standard InChI is InChI=1S/C12H21N3/c1-15-12(7-10-14-15)6-9-13-8-2-3-11-4-5-11/h7,10-11,13H,2-6,8-9H2,1H3. The van der Waals surface area contributed by atoms with Crippen molar-refractivity contribution in [2.45, 2.75) is 32.1 Å². The van der Waals surface area contributed by atoms with Crippen LogP contribution in [0.2, 0.25) is 0 Å². The summed E-state index contributed by atoms with van der Waals surface area (Å²) in [5.74, 6) is 1.07. The van der Waals surface area contributed by atoms with Crippen molar-refractivity contribution < 1.29 is 0 Å². The molecule has 1 aromatic heterocycles. The molecule has 1 N–H and O–H groups in total. The zero-order valence-electron chi connectivity index (χ0n) is 9.58. The van der Waals surface area contributed by atoms with Crippen LogP contribution >= 0.6 is 0 Å². The van der Waals surface area contributed by atoms with Crippen molar-refractivity contribution in [3.8, 4) is 0 Å². The molecule has 0 radical (unpaired) electrons. The van der Waals surface area contributed by atoms with Crippen molar-refractivity contribution in [3.05, 3.63) is 18.0 Å². The molecule has 0 bridgehead atoms. The molecule has 1 aromatic rings. The number of hydrogen-bond donors (Lipinski definition) is 1. The Bertz CT molecular complexity index is 289. The van der Waals surface area contributed by atoms with Crippen LogP contribution in [0.3, 0.4) is 0 Å². The Labute approximate surface area is 91.9 Å². The molecule has 0 saturated heterocycles. The maximum atomic E-state index is 4.15. The normalized spacial score (nSPS) is 15.8. The minimum Gasteiger partial charge on any atom is -0.316 e. The molecule has 0 aromatic carbocycles. The van der Waals surface area contributed by atoms with Gasteiger partial charge in [-0.25, -0.2) is 0 Å². The first-order chi connectivity index (χ1) is 7.36. The van der Waals surface area contributed by atoms with Crippen LogP contribution in [0.25, 0.3) is 0 Å². The molecule has 0 aliphatic heterocycles. The average Bonchev–Trinajstić information content (AvgIpc) is 2.96. The zero-order valence-corrected chi connectivity index (χ0v) is 9.58. The Balaban J connectivity index is 1.49. The number of aryl methyl sites for hydroxylation is 1. The maximum absolute atomic E-state index is 4.15. The molecule has 0 atom stereocenters. The van der Waals surface area contributed by atoms with Gasteiger partial charge in [-0.3, -0.25) is 4.68 Å². The van der Waals surface area contributed by atoms with E-state index in [9.17, 15) is 0 Å². The van der Waals surface area contributed by atoms with Crippen LogP contribution in [0.4, 0.5) is 0 Å². The molecule has 3 nitrogen and oxygen atoms in total. The number of nitrogens with one attached hydrogen (secondary N) is 1. The first kappa shape index (κ1) is 10.7. The molecule has 0 spiro atoms. The second-order valence-electron chi connectivity index (χ2n) is 4.53. The van der Waals surface area contributed by atoms with Gasteiger partial charge >= 0.3 is 0 Å². The summed E-state index contributed by atoms with van der Waals surface area (Å²) in [7, 11) is 2.00. The lowest BCUT2D eigenvalue weighted by Gasteiger charge is -2.04. The molecule has 0 amide bonds. The summed E-state index contributed by atoms with van der Waals surface area (Å²) < 4.78 is 1.95. The lowest BCUT2D eigenvalue weighted by Crippen LogP contribution is -2.19. The highest BCUT2D eigenvalue weighted by Crippen LogP contribution is 2.33. The summed E-state index contributed by atoms with van der Waals surface area (Å²) in [4.78, 5) is 0. The Morgan fingerprint density at radius 3 is 3.00 bits per heavy atom. The van der Waals surface area contributed by atoms with Crippen LogP contribution < -0.4 is 5.32 Å². The molecule has 1 heterocycles. The molecule has 1 aliphatic rings. The van der Waals surface area contributed by atoms with E-state index < -0.39 is 0 Å². The summed E-state index contributed by atoms with van der Waals surface area (Å²) in [6.45, 7) is 2.25. The zero-order chi connectivity index (χ0) is 10.5. The van der Waals surface area contributed by atoms with Crippen LogP contribution in [0.5, 0.6) is 0 Å². The number of nitrogens with zero attached hydrogens (tertiary/aromatic N) is 2. The summed E-state index contributed by atoms with van der Waals surface area (Å²) >= 11 is 0. The molecular formula is C12H21N3. The van der Waals surface area contributed by atoms with Crippen molar-refractivity contribution in [1.29, 1.82) is 0 Å². The molecule has 1 fully saturated rings. The van der Waals surface area contributed by atoms with Crippen molar-refractivity contribution in [2.24, 2.45) is 13.0 Å². The third kappa shape index (κ3) is 3.67. The van der Waals surface area contributed by atoms with Gasteiger partial charge in [0.2, 0.25) is 0 Å². The van der Waals surface area contributed by atoms with Crippen LogP contribution in [0, 0.1) is 5.92 Å². The van der Waals surface area contributed by atoms with Crippen molar-refractivity contribution >= 4 is 0 Å². The van der Waals surface area contributed by atoms with E-state index >= 15 is 0 Å². The van der Waals surface area contributed by atoms with Crippen LogP contribution in [0.15, 0.2) is 12.3 Å². The molecular weight excluding hydrogens is 186 g/mol. The van der Waals surface area contributed by atoms with Gasteiger partial charge < -0.3 is 5.32 Å². The van der Waals surface area contributed by atoms with Gasteiger partial charge in [0, 0.05) is 31.9 Å². The van der Waals surface area contributed by atoms with Gasteiger partial charge in [-0.1, -0.05) is 12.8 Å². The predicted octanol–water partition coefficient (Wildman–Crippen LogP) is 1.74. The SMILES string of the molecule is Cn1nccc1CCNCCCC1CC1. The second-order valence-corrected chi connectivity index (χ2v) is 4.53. The van der Waals surface area contributed by atoms with Crippen LogP contribution in [0.1, 0.15) is 31.4 Å². The quantitative estimate of drug-likeness (QED) is 0.690. The fraction of sp³-hybridized carbons (Fsp3) is 0.750. The summed E-state index contributed by atoms with van der Waals surface area (Å²) in [6.07, 6.45) is 8.68. The monoisotopic (exact) mass is 207 g/mol. The van der Waals surface area contributed by atoms with Gasteiger partial charge in [0.15, 0.2) is 0 Å². The van der Waals surface area contributed by atoms with Crippen molar-refractivity contribution in [3.63, 3.8) is 0 Å². The summed E-state index contributed by atoms with van der Waals surface area (Å²) in [6, 6.07) is 2.09. The lowest BCUT2D eigenvalue weighted by molar-refractivity contribution is 0.585. The van der Waals surface area contributed by atoms with E-state index in [4.69, 9.17) is 0 Å². The van der Waals surface area contributed by atoms with E-state index in [2.05, 4.69) is 16.5 Å². The van der Waals surface area contributed by atoms with Crippen molar-refractivity contribution in [1.82, 2.24) is 15.1 Å². The minimum absolute atomic E-state index is 1.07.